The molecule has 0 radical (unpaired) electrons. The number of carbonyl (C=O) groups is 3. The van der Waals surface area contributed by atoms with E-state index in [4.69, 9.17) is 4.74 Å². The molecule has 0 aliphatic carbocycles. The zero-order chi connectivity index (χ0) is 21.4. The van der Waals surface area contributed by atoms with Crippen LogP contribution in [0.15, 0.2) is 54.6 Å². The first kappa shape index (κ1) is 22.1. The lowest BCUT2D eigenvalue weighted by molar-refractivity contribution is -0.146. The third-order valence-electron chi connectivity index (χ3n) is 4.64. The molecule has 0 heterocycles. The molecule has 0 saturated carbocycles. The number of hydrogen-bond donors (Lipinski definition) is 1. The molecule has 154 valence electrons. The van der Waals surface area contributed by atoms with Crippen molar-refractivity contribution in [3.8, 4) is 0 Å². The Hall–Kier alpha value is -3.15. The van der Waals surface area contributed by atoms with E-state index in [1.165, 1.54) is 0 Å². The maximum atomic E-state index is 13.1. The molecule has 0 saturated heterocycles. The first-order valence-electron chi connectivity index (χ1n) is 9.71. The fraction of sp³-hybridized carbons (Fsp3) is 0.348. The van der Waals surface area contributed by atoms with Crippen molar-refractivity contribution >= 4 is 23.5 Å². The van der Waals surface area contributed by atoms with Gasteiger partial charge in [-0.2, -0.15) is 0 Å². The van der Waals surface area contributed by atoms with Gasteiger partial charge in [-0.3, -0.25) is 9.59 Å². The summed E-state index contributed by atoms with van der Waals surface area (Å²) in [7, 11) is 0. The highest BCUT2D eigenvalue weighted by atomic mass is 16.5. The molecule has 0 aromatic heterocycles. The van der Waals surface area contributed by atoms with Gasteiger partial charge >= 0.3 is 5.97 Å². The predicted octanol–water partition coefficient (Wildman–Crippen LogP) is 3.88. The van der Waals surface area contributed by atoms with E-state index in [0.717, 1.165) is 5.56 Å². The number of nitrogens with one attached hydrogen (secondary N) is 1. The van der Waals surface area contributed by atoms with Crippen LogP contribution in [0.5, 0.6) is 0 Å². The molecule has 0 atom stereocenters. The molecule has 0 aliphatic rings. The number of hydrogen-bond acceptors (Lipinski definition) is 4. The summed E-state index contributed by atoms with van der Waals surface area (Å²) in [6, 6.07) is 16.1. The molecule has 29 heavy (non-hydrogen) atoms. The van der Waals surface area contributed by atoms with Crippen molar-refractivity contribution in [1.29, 1.82) is 0 Å². The molecule has 2 aromatic carbocycles. The molecule has 2 rings (SSSR count). The molecular weight excluding hydrogens is 368 g/mol. The van der Waals surface area contributed by atoms with Gasteiger partial charge in [-0.1, -0.05) is 30.3 Å². The lowest BCUT2D eigenvalue weighted by Crippen LogP contribution is -2.47. The Labute approximate surface area is 171 Å². The molecule has 6 nitrogen and oxygen atoms in total. The Kier molecular flexibility index (Phi) is 7.53. The van der Waals surface area contributed by atoms with Crippen LogP contribution >= 0.6 is 0 Å². The van der Waals surface area contributed by atoms with Crippen LogP contribution in [-0.2, 0) is 20.9 Å². The Morgan fingerprint density at radius 1 is 0.966 bits per heavy atom. The quantitative estimate of drug-likeness (QED) is 0.543. The number of benzene rings is 2. The highest BCUT2D eigenvalue weighted by Gasteiger charge is 2.38. The van der Waals surface area contributed by atoms with Crippen LogP contribution in [0, 0.1) is 5.41 Å². The van der Waals surface area contributed by atoms with Crippen molar-refractivity contribution in [2.75, 3.05) is 18.5 Å². The van der Waals surface area contributed by atoms with Gasteiger partial charge in [0.2, 0.25) is 11.8 Å². The van der Waals surface area contributed by atoms with Crippen molar-refractivity contribution in [3.63, 3.8) is 0 Å². The van der Waals surface area contributed by atoms with Gasteiger partial charge < -0.3 is 15.0 Å². The summed E-state index contributed by atoms with van der Waals surface area (Å²) in [6.45, 7) is 8.10. The Morgan fingerprint density at radius 2 is 1.59 bits per heavy atom. The third-order valence-corrected chi connectivity index (χ3v) is 4.64. The second kappa shape index (κ2) is 9.87. The lowest BCUT2D eigenvalue weighted by atomic mass is 9.89. The predicted molar refractivity (Wildman–Crippen MR) is 112 cm³/mol. The highest BCUT2D eigenvalue weighted by molar-refractivity contribution is 6.09. The number of ether oxygens (including phenoxy) is 1. The SMILES string of the molecule is CCOC(=O)c1ccc(NC(=O)C(C)(C)C(=O)N(CC)Cc2ccccc2)cc1. The first-order chi connectivity index (χ1) is 13.8. The fourth-order valence-electron chi connectivity index (χ4n) is 2.81. The van der Waals surface area contributed by atoms with Crippen LogP contribution in [-0.4, -0.2) is 35.8 Å². The van der Waals surface area contributed by atoms with Gasteiger partial charge in [-0.25, -0.2) is 4.79 Å². The second-order valence-electron chi connectivity index (χ2n) is 7.18. The Bertz CT molecular complexity index is 845. The van der Waals surface area contributed by atoms with Crippen molar-refractivity contribution in [3.05, 3.63) is 65.7 Å². The van der Waals surface area contributed by atoms with Crippen LogP contribution in [0.2, 0.25) is 0 Å². The summed E-state index contributed by atoms with van der Waals surface area (Å²) in [5.41, 5.74) is 0.675. The smallest absolute Gasteiger partial charge is 0.338 e. The summed E-state index contributed by atoms with van der Waals surface area (Å²) >= 11 is 0. The van der Waals surface area contributed by atoms with E-state index in [9.17, 15) is 14.4 Å². The van der Waals surface area contributed by atoms with Crippen LogP contribution < -0.4 is 5.32 Å². The fourth-order valence-corrected chi connectivity index (χ4v) is 2.81. The summed E-state index contributed by atoms with van der Waals surface area (Å²) in [5.74, 6) is -1.07. The van der Waals surface area contributed by atoms with Crippen molar-refractivity contribution in [2.24, 2.45) is 5.41 Å². The van der Waals surface area contributed by atoms with E-state index in [-0.39, 0.29) is 5.91 Å². The summed E-state index contributed by atoms with van der Waals surface area (Å²) in [6.07, 6.45) is 0. The van der Waals surface area contributed by atoms with Crippen LogP contribution in [0.4, 0.5) is 5.69 Å². The van der Waals surface area contributed by atoms with Crippen molar-refractivity contribution in [2.45, 2.75) is 34.2 Å². The monoisotopic (exact) mass is 396 g/mol. The summed E-state index contributed by atoms with van der Waals surface area (Å²) < 4.78 is 4.95. The van der Waals surface area contributed by atoms with Gasteiger partial charge in [0.25, 0.3) is 0 Å². The minimum absolute atomic E-state index is 0.246. The van der Waals surface area contributed by atoms with E-state index < -0.39 is 17.3 Å². The number of esters is 1. The van der Waals surface area contributed by atoms with Crippen LogP contribution in [0.1, 0.15) is 43.6 Å². The number of anilines is 1. The number of carbonyl (C=O) groups excluding carboxylic acids is 3. The van der Waals surface area contributed by atoms with Gasteiger partial charge in [0, 0.05) is 18.8 Å². The zero-order valence-electron chi connectivity index (χ0n) is 17.4. The molecule has 0 fully saturated rings. The Morgan fingerprint density at radius 3 is 2.14 bits per heavy atom. The second-order valence-corrected chi connectivity index (χ2v) is 7.18. The minimum atomic E-state index is -1.25. The van der Waals surface area contributed by atoms with Gasteiger partial charge in [0.1, 0.15) is 5.41 Å². The third kappa shape index (κ3) is 5.67. The molecule has 1 N–H and O–H groups in total. The minimum Gasteiger partial charge on any atom is -0.462 e. The lowest BCUT2D eigenvalue weighted by Gasteiger charge is -2.30. The van der Waals surface area contributed by atoms with Gasteiger partial charge in [0.15, 0.2) is 0 Å². The molecule has 0 unspecified atom stereocenters. The maximum Gasteiger partial charge on any atom is 0.338 e. The van der Waals surface area contributed by atoms with E-state index in [1.807, 2.05) is 37.3 Å². The Balaban J connectivity index is 2.07. The van der Waals surface area contributed by atoms with E-state index in [0.29, 0.717) is 30.9 Å². The molecular formula is C23H28N2O4. The average Bonchev–Trinajstić information content (AvgIpc) is 2.72. The molecule has 2 amide bonds. The van der Waals surface area contributed by atoms with Crippen LogP contribution in [0.3, 0.4) is 0 Å². The number of rotatable bonds is 8. The van der Waals surface area contributed by atoms with E-state index >= 15 is 0 Å². The molecule has 2 aromatic rings. The van der Waals surface area contributed by atoms with E-state index in [1.54, 1.807) is 49.9 Å². The molecule has 0 spiro atoms. The van der Waals surface area contributed by atoms with Gasteiger partial charge in [-0.05, 0) is 57.5 Å². The normalized spacial score (nSPS) is 10.9. The maximum absolute atomic E-state index is 13.1. The molecule has 0 bridgehead atoms. The zero-order valence-corrected chi connectivity index (χ0v) is 17.4. The van der Waals surface area contributed by atoms with Gasteiger partial charge in [0.05, 0.1) is 12.2 Å². The summed E-state index contributed by atoms with van der Waals surface area (Å²) in [5, 5.41) is 2.77. The van der Waals surface area contributed by atoms with E-state index in [2.05, 4.69) is 5.32 Å². The number of nitrogens with zero attached hydrogens (tertiary/aromatic N) is 1. The first-order valence-corrected chi connectivity index (χ1v) is 9.71. The average molecular weight is 396 g/mol. The number of amides is 2. The molecule has 0 aliphatic heterocycles. The van der Waals surface area contributed by atoms with Gasteiger partial charge in [-0.15, -0.1) is 0 Å². The van der Waals surface area contributed by atoms with Crippen molar-refractivity contribution < 1.29 is 19.1 Å². The largest absolute Gasteiger partial charge is 0.462 e. The molecule has 6 heteroatoms. The summed E-state index contributed by atoms with van der Waals surface area (Å²) in [4.78, 5) is 39.3. The standard InChI is InChI=1S/C23H28N2O4/c1-5-25(16-17-10-8-7-9-11-17)22(28)23(3,4)21(27)24-19-14-12-18(13-15-19)20(26)29-6-2/h7-15H,5-6,16H2,1-4H3,(H,24,27). The highest BCUT2D eigenvalue weighted by Crippen LogP contribution is 2.23. The van der Waals surface area contributed by atoms with Crippen molar-refractivity contribution in [1.82, 2.24) is 4.90 Å². The topological polar surface area (TPSA) is 75.7 Å². The van der Waals surface area contributed by atoms with Crippen LogP contribution in [0.25, 0.3) is 0 Å².